The minimum atomic E-state index is -4.85. The van der Waals surface area contributed by atoms with Crippen LogP contribution < -0.4 is 4.90 Å². The topological polar surface area (TPSA) is 92.5 Å². The normalized spacial score (nSPS) is 20.3. The standard InChI is InChI=1S/C20H24F3N3O4S/c1-12-9-17(26(24-12)19(2,3)4)25-11-13(10-15(25)18(27)28)31(29,30)16-8-6-5-7-14(16)20(21,22)23/h5-9,13,15H,10-11H2,1-4H3,(H,27,28)/t13-,15+/m1/s1. The molecule has 1 saturated heterocycles. The molecule has 1 aromatic heterocycles. The first-order chi connectivity index (χ1) is 14.1. The number of carboxylic acid groups (broad SMARTS) is 1. The molecule has 0 aliphatic carbocycles. The van der Waals surface area contributed by atoms with Crippen molar-refractivity contribution in [1.82, 2.24) is 9.78 Å². The number of alkyl halides is 3. The Morgan fingerprint density at radius 3 is 2.35 bits per heavy atom. The molecule has 0 radical (unpaired) electrons. The van der Waals surface area contributed by atoms with Gasteiger partial charge in [-0.1, -0.05) is 12.1 Å². The fourth-order valence-corrected chi connectivity index (χ4v) is 5.73. The number of sulfone groups is 1. The Morgan fingerprint density at radius 2 is 1.81 bits per heavy atom. The molecule has 1 N–H and O–H groups in total. The zero-order chi connectivity index (χ0) is 23.4. The highest BCUT2D eigenvalue weighted by Gasteiger charge is 2.47. The molecule has 1 fully saturated rings. The van der Waals surface area contributed by atoms with Gasteiger partial charge in [-0.2, -0.15) is 18.3 Å². The van der Waals surface area contributed by atoms with Crippen molar-refractivity contribution >= 4 is 21.6 Å². The van der Waals surface area contributed by atoms with Crippen LogP contribution in [0.3, 0.4) is 0 Å². The SMILES string of the molecule is Cc1cc(N2C[C@H](S(=O)(=O)c3ccccc3C(F)(F)F)C[C@H]2C(=O)O)n(C(C)(C)C)n1. The van der Waals surface area contributed by atoms with E-state index in [0.29, 0.717) is 17.6 Å². The van der Waals surface area contributed by atoms with Crippen LogP contribution in [0.1, 0.15) is 38.4 Å². The molecule has 0 saturated carbocycles. The van der Waals surface area contributed by atoms with Crippen LogP contribution >= 0.6 is 0 Å². The second-order valence-electron chi connectivity index (χ2n) is 8.63. The molecule has 31 heavy (non-hydrogen) atoms. The van der Waals surface area contributed by atoms with Crippen LogP contribution in [-0.4, -0.2) is 47.1 Å². The van der Waals surface area contributed by atoms with E-state index in [9.17, 15) is 31.5 Å². The van der Waals surface area contributed by atoms with E-state index >= 15 is 0 Å². The third-order valence-corrected chi connectivity index (χ3v) is 7.42. The summed E-state index contributed by atoms with van der Waals surface area (Å²) in [4.78, 5) is 12.5. The number of hydrogen-bond acceptors (Lipinski definition) is 5. The molecule has 2 aromatic rings. The Balaban J connectivity index is 2.07. The van der Waals surface area contributed by atoms with Crippen LogP contribution in [0.15, 0.2) is 35.2 Å². The maximum Gasteiger partial charge on any atom is 0.417 e. The lowest BCUT2D eigenvalue weighted by molar-refractivity contribution is -0.140. The van der Waals surface area contributed by atoms with Crippen LogP contribution in [-0.2, 0) is 26.3 Å². The van der Waals surface area contributed by atoms with E-state index in [4.69, 9.17) is 0 Å². The Bertz CT molecular complexity index is 1100. The zero-order valence-electron chi connectivity index (χ0n) is 17.5. The molecule has 1 aromatic carbocycles. The molecule has 2 heterocycles. The van der Waals surface area contributed by atoms with Crippen molar-refractivity contribution in [2.75, 3.05) is 11.4 Å². The van der Waals surface area contributed by atoms with Crippen LogP contribution in [0.5, 0.6) is 0 Å². The number of aliphatic carboxylic acids is 1. The summed E-state index contributed by atoms with van der Waals surface area (Å²) in [6.45, 7) is 7.06. The van der Waals surface area contributed by atoms with Crippen molar-refractivity contribution in [3.8, 4) is 0 Å². The van der Waals surface area contributed by atoms with Gasteiger partial charge in [0.2, 0.25) is 0 Å². The van der Waals surface area contributed by atoms with Crippen molar-refractivity contribution in [3.63, 3.8) is 0 Å². The van der Waals surface area contributed by atoms with E-state index in [2.05, 4.69) is 5.10 Å². The second-order valence-corrected chi connectivity index (χ2v) is 10.8. The van der Waals surface area contributed by atoms with Gasteiger partial charge in [0.15, 0.2) is 9.84 Å². The quantitative estimate of drug-likeness (QED) is 0.753. The van der Waals surface area contributed by atoms with Gasteiger partial charge in [-0.15, -0.1) is 0 Å². The van der Waals surface area contributed by atoms with E-state index in [-0.39, 0.29) is 13.0 Å². The Hall–Kier alpha value is -2.56. The summed E-state index contributed by atoms with van der Waals surface area (Å²) in [6.07, 6.45) is -5.19. The molecule has 0 spiro atoms. The number of benzene rings is 1. The Labute approximate surface area is 178 Å². The molecule has 0 bridgehead atoms. The summed E-state index contributed by atoms with van der Waals surface area (Å²) in [6, 6.07) is 4.41. The highest BCUT2D eigenvalue weighted by molar-refractivity contribution is 7.92. The van der Waals surface area contributed by atoms with E-state index in [1.54, 1.807) is 17.7 Å². The van der Waals surface area contributed by atoms with Gasteiger partial charge in [-0.25, -0.2) is 17.9 Å². The average molecular weight is 459 g/mol. The number of aromatic nitrogens is 2. The van der Waals surface area contributed by atoms with Crippen molar-refractivity contribution < 1.29 is 31.5 Å². The molecule has 170 valence electrons. The van der Waals surface area contributed by atoms with Crippen molar-refractivity contribution in [2.45, 2.75) is 62.0 Å². The number of hydrogen-bond donors (Lipinski definition) is 1. The molecule has 0 amide bonds. The lowest BCUT2D eigenvalue weighted by Gasteiger charge is -2.29. The lowest BCUT2D eigenvalue weighted by atomic mass is 10.1. The predicted octanol–water partition coefficient (Wildman–Crippen LogP) is 3.47. The van der Waals surface area contributed by atoms with Crippen LogP contribution in [0.25, 0.3) is 0 Å². The minimum Gasteiger partial charge on any atom is -0.480 e. The number of halogens is 3. The van der Waals surface area contributed by atoms with Crippen LogP contribution in [0.2, 0.25) is 0 Å². The second kappa shape index (κ2) is 7.54. The summed E-state index contributed by atoms with van der Waals surface area (Å²) in [7, 11) is -4.46. The molecule has 3 rings (SSSR count). The van der Waals surface area contributed by atoms with Gasteiger partial charge < -0.3 is 10.0 Å². The monoisotopic (exact) mass is 459 g/mol. The molecule has 2 atom stereocenters. The number of anilines is 1. The van der Waals surface area contributed by atoms with E-state index in [1.807, 2.05) is 20.8 Å². The first-order valence-corrected chi connectivity index (χ1v) is 11.2. The molecule has 1 aliphatic heterocycles. The zero-order valence-corrected chi connectivity index (χ0v) is 18.3. The molecule has 7 nitrogen and oxygen atoms in total. The first-order valence-electron chi connectivity index (χ1n) is 9.60. The summed E-state index contributed by atoms with van der Waals surface area (Å²) >= 11 is 0. The summed E-state index contributed by atoms with van der Waals surface area (Å²) in [5.74, 6) is -0.833. The molecular weight excluding hydrogens is 435 g/mol. The van der Waals surface area contributed by atoms with Gasteiger partial charge in [-0.3, -0.25) is 0 Å². The predicted molar refractivity (Wildman–Crippen MR) is 108 cm³/mol. The maximum atomic E-state index is 13.4. The smallest absolute Gasteiger partial charge is 0.417 e. The third kappa shape index (κ3) is 4.28. The van der Waals surface area contributed by atoms with Gasteiger partial charge in [0.25, 0.3) is 0 Å². The number of rotatable bonds is 4. The van der Waals surface area contributed by atoms with Crippen molar-refractivity contribution in [2.24, 2.45) is 0 Å². The van der Waals surface area contributed by atoms with E-state index in [1.165, 1.54) is 11.0 Å². The molecule has 1 aliphatic rings. The number of carbonyl (C=O) groups is 1. The number of aryl methyl sites for hydroxylation is 1. The van der Waals surface area contributed by atoms with E-state index in [0.717, 1.165) is 12.1 Å². The largest absolute Gasteiger partial charge is 0.480 e. The number of carboxylic acids is 1. The third-order valence-electron chi connectivity index (χ3n) is 5.23. The first kappa shape index (κ1) is 23.1. The van der Waals surface area contributed by atoms with Crippen molar-refractivity contribution in [1.29, 1.82) is 0 Å². The summed E-state index contributed by atoms with van der Waals surface area (Å²) < 4.78 is 68.2. The fraction of sp³-hybridized carbons (Fsp3) is 0.500. The fourth-order valence-electron chi connectivity index (χ4n) is 3.82. The molecular formula is C20H24F3N3O4S. The van der Waals surface area contributed by atoms with Gasteiger partial charge in [-0.05, 0) is 46.2 Å². The van der Waals surface area contributed by atoms with Crippen LogP contribution in [0.4, 0.5) is 19.0 Å². The van der Waals surface area contributed by atoms with Gasteiger partial charge >= 0.3 is 12.1 Å². The summed E-state index contributed by atoms with van der Waals surface area (Å²) in [5.41, 5.74) is -1.16. The highest BCUT2D eigenvalue weighted by atomic mass is 32.2. The minimum absolute atomic E-state index is 0.257. The lowest BCUT2D eigenvalue weighted by Crippen LogP contribution is -2.39. The van der Waals surface area contributed by atoms with Crippen molar-refractivity contribution in [3.05, 3.63) is 41.6 Å². The Kier molecular flexibility index (Phi) is 5.62. The highest BCUT2D eigenvalue weighted by Crippen LogP contribution is 2.39. The molecule has 11 heteroatoms. The van der Waals surface area contributed by atoms with Gasteiger partial charge in [0.1, 0.15) is 11.9 Å². The van der Waals surface area contributed by atoms with E-state index < -0.39 is 49.3 Å². The maximum absolute atomic E-state index is 13.4. The summed E-state index contributed by atoms with van der Waals surface area (Å²) in [5, 5.41) is 12.8. The van der Waals surface area contributed by atoms with Gasteiger partial charge in [0, 0.05) is 12.6 Å². The average Bonchev–Trinajstić information content (AvgIpc) is 3.24. The number of nitrogens with zero attached hydrogens (tertiary/aromatic N) is 3. The van der Waals surface area contributed by atoms with Gasteiger partial charge in [0.05, 0.1) is 26.9 Å². The molecule has 0 unspecified atom stereocenters. The Morgan fingerprint density at radius 1 is 1.19 bits per heavy atom. The van der Waals surface area contributed by atoms with Crippen LogP contribution in [0, 0.1) is 6.92 Å².